The fourth-order valence-electron chi connectivity index (χ4n) is 2.22. The van der Waals surface area contributed by atoms with Gasteiger partial charge in [-0.05, 0) is 37.8 Å². The van der Waals surface area contributed by atoms with E-state index in [0.717, 1.165) is 0 Å². The summed E-state index contributed by atoms with van der Waals surface area (Å²) in [6.45, 7) is 0. The molecule has 1 aromatic rings. The minimum Gasteiger partial charge on any atom is -0.481 e. The zero-order valence-corrected chi connectivity index (χ0v) is 8.89. The first kappa shape index (κ1) is 10.9. The molecule has 1 N–H and O–H groups in total. The molecule has 1 saturated carbocycles. The van der Waals surface area contributed by atoms with E-state index in [-0.39, 0.29) is 17.6 Å². The Morgan fingerprint density at radius 1 is 1.19 bits per heavy atom. The van der Waals surface area contributed by atoms with E-state index in [1.54, 1.807) is 12.1 Å². The minimum atomic E-state index is -0.746. The Morgan fingerprint density at radius 2 is 1.81 bits per heavy atom. The molecule has 0 atom stereocenters. The van der Waals surface area contributed by atoms with Crippen LogP contribution in [-0.2, 0) is 4.79 Å². The SMILES string of the molecule is O=C(O)C1CCC(C(=O)c2ccco2)CC1. The van der Waals surface area contributed by atoms with Crippen molar-refractivity contribution in [3.05, 3.63) is 24.2 Å². The van der Waals surface area contributed by atoms with Crippen molar-refractivity contribution < 1.29 is 19.1 Å². The van der Waals surface area contributed by atoms with E-state index >= 15 is 0 Å². The average Bonchev–Trinajstić information content (AvgIpc) is 2.81. The molecular formula is C12H14O4. The first-order valence-corrected chi connectivity index (χ1v) is 5.49. The molecule has 0 unspecified atom stereocenters. The van der Waals surface area contributed by atoms with Crippen molar-refractivity contribution in [2.45, 2.75) is 25.7 Å². The van der Waals surface area contributed by atoms with Gasteiger partial charge in [0.25, 0.3) is 0 Å². The quantitative estimate of drug-likeness (QED) is 0.797. The minimum absolute atomic E-state index is 0.00818. The van der Waals surface area contributed by atoms with Gasteiger partial charge >= 0.3 is 5.97 Å². The van der Waals surface area contributed by atoms with Crippen LogP contribution in [0.1, 0.15) is 36.2 Å². The van der Waals surface area contributed by atoms with E-state index in [9.17, 15) is 9.59 Å². The molecule has 0 radical (unpaired) electrons. The van der Waals surface area contributed by atoms with Crippen LogP contribution in [0.15, 0.2) is 22.8 Å². The van der Waals surface area contributed by atoms with Crippen LogP contribution in [0.25, 0.3) is 0 Å². The number of carbonyl (C=O) groups is 2. The third-order valence-corrected chi connectivity index (χ3v) is 3.21. The molecule has 1 aliphatic carbocycles. The maximum Gasteiger partial charge on any atom is 0.306 e. The van der Waals surface area contributed by atoms with Crippen LogP contribution in [0.5, 0.6) is 0 Å². The zero-order chi connectivity index (χ0) is 11.5. The molecule has 0 amide bonds. The predicted octanol–water partition coefficient (Wildman–Crippen LogP) is 2.35. The molecule has 0 aliphatic heterocycles. The largest absolute Gasteiger partial charge is 0.481 e. The van der Waals surface area contributed by atoms with E-state index < -0.39 is 5.97 Å². The molecule has 1 heterocycles. The van der Waals surface area contributed by atoms with Gasteiger partial charge in [-0.25, -0.2) is 0 Å². The Hall–Kier alpha value is -1.58. The van der Waals surface area contributed by atoms with Gasteiger partial charge in [0.2, 0.25) is 5.78 Å². The summed E-state index contributed by atoms with van der Waals surface area (Å²) in [7, 11) is 0. The first-order valence-electron chi connectivity index (χ1n) is 5.49. The van der Waals surface area contributed by atoms with E-state index in [1.807, 2.05) is 0 Å². The topological polar surface area (TPSA) is 67.5 Å². The van der Waals surface area contributed by atoms with Crippen LogP contribution in [0, 0.1) is 11.8 Å². The standard InChI is InChI=1S/C12H14O4/c13-11(10-2-1-7-16-10)8-3-5-9(6-4-8)12(14)15/h1-2,7-9H,3-6H2,(H,14,15). The molecule has 16 heavy (non-hydrogen) atoms. The van der Waals surface area contributed by atoms with Crippen LogP contribution >= 0.6 is 0 Å². The Morgan fingerprint density at radius 3 is 2.31 bits per heavy atom. The van der Waals surface area contributed by atoms with Gasteiger partial charge < -0.3 is 9.52 Å². The second kappa shape index (κ2) is 4.51. The van der Waals surface area contributed by atoms with Gasteiger partial charge in [0.1, 0.15) is 0 Å². The summed E-state index contributed by atoms with van der Waals surface area (Å²) in [6.07, 6.45) is 3.96. The van der Waals surface area contributed by atoms with Gasteiger partial charge in [0, 0.05) is 5.92 Å². The van der Waals surface area contributed by atoms with Crippen molar-refractivity contribution >= 4 is 11.8 Å². The lowest BCUT2D eigenvalue weighted by Gasteiger charge is -2.24. The van der Waals surface area contributed by atoms with Gasteiger partial charge in [-0.3, -0.25) is 9.59 Å². The van der Waals surface area contributed by atoms with Crippen molar-refractivity contribution in [3.63, 3.8) is 0 Å². The molecule has 2 rings (SSSR count). The number of ketones is 1. The summed E-state index contributed by atoms with van der Waals surface area (Å²) in [6, 6.07) is 3.35. The lowest BCUT2D eigenvalue weighted by atomic mass is 9.79. The molecule has 0 aromatic carbocycles. The lowest BCUT2D eigenvalue weighted by molar-refractivity contribution is -0.143. The predicted molar refractivity (Wildman–Crippen MR) is 56.1 cm³/mol. The first-order chi connectivity index (χ1) is 7.68. The number of hydrogen-bond acceptors (Lipinski definition) is 3. The number of carboxylic acids is 1. The Kier molecular flexibility index (Phi) is 3.08. The summed E-state index contributed by atoms with van der Waals surface area (Å²) >= 11 is 0. The number of rotatable bonds is 3. The maximum atomic E-state index is 11.9. The number of aliphatic carboxylic acids is 1. The Bertz CT molecular complexity index is 372. The van der Waals surface area contributed by atoms with Crippen molar-refractivity contribution in [1.29, 1.82) is 0 Å². The van der Waals surface area contributed by atoms with Crippen molar-refractivity contribution in [2.24, 2.45) is 11.8 Å². The maximum absolute atomic E-state index is 11.9. The summed E-state index contributed by atoms with van der Waals surface area (Å²) < 4.78 is 5.06. The monoisotopic (exact) mass is 222 g/mol. The van der Waals surface area contributed by atoms with Crippen LogP contribution in [-0.4, -0.2) is 16.9 Å². The molecule has 4 heteroatoms. The zero-order valence-electron chi connectivity index (χ0n) is 8.89. The van der Waals surface area contributed by atoms with Gasteiger partial charge in [-0.15, -0.1) is 0 Å². The molecule has 4 nitrogen and oxygen atoms in total. The molecule has 0 bridgehead atoms. The summed E-state index contributed by atoms with van der Waals surface area (Å²) in [5.41, 5.74) is 0. The normalized spacial score (nSPS) is 25.2. The van der Waals surface area contributed by atoms with E-state index in [0.29, 0.717) is 31.4 Å². The van der Waals surface area contributed by atoms with Gasteiger partial charge in [-0.1, -0.05) is 0 Å². The number of carboxylic acid groups (broad SMARTS) is 1. The molecule has 1 aromatic heterocycles. The van der Waals surface area contributed by atoms with E-state index in [4.69, 9.17) is 9.52 Å². The second-order valence-corrected chi connectivity index (χ2v) is 4.23. The fraction of sp³-hybridized carbons (Fsp3) is 0.500. The molecule has 1 aliphatic rings. The highest BCUT2D eigenvalue weighted by atomic mass is 16.4. The second-order valence-electron chi connectivity index (χ2n) is 4.23. The highest BCUT2D eigenvalue weighted by Gasteiger charge is 2.30. The molecule has 0 spiro atoms. The van der Waals surface area contributed by atoms with Gasteiger partial charge in [0.05, 0.1) is 12.2 Å². The summed E-state index contributed by atoms with van der Waals surface area (Å²) in [5.74, 6) is -0.695. The Balaban J connectivity index is 1.94. The molecule has 0 saturated heterocycles. The lowest BCUT2D eigenvalue weighted by Crippen LogP contribution is -2.25. The number of hydrogen-bond donors (Lipinski definition) is 1. The number of furan rings is 1. The van der Waals surface area contributed by atoms with Crippen molar-refractivity contribution in [2.75, 3.05) is 0 Å². The third kappa shape index (κ3) is 2.15. The summed E-state index contributed by atoms with van der Waals surface area (Å²) in [4.78, 5) is 22.7. The fourth-order valence-corrected chi connectivity index (χ4v) is 2.22. The Labute approximate surface area is 93.3 Å². The van der Waals surface area contributed by atoms with Crippen LogP contribution in [0.4, 0.5) is 0 Å². The summed E-state index contributed by atoms with van der Waals surface area (Å²) in [5, 5.41) is 8.84. The third-order valence-electron chi connectivity index (χ3n) is 3.21. The van der Waals surface area contributed by atoms with Crippen molar-refractivity contribution in [3.8, 4) is 0 Å². The van der Waals surface area contributed by atoms with Crippen LogP contribution < -0.4 is 0 Å². The number of carbonyl (C=O) groups excluding carboxylic acids is 1. The van der Waals surface area contributed by atoms with E-state index in [2.05, 4.69) is 0 Å². The van der Waals surface area contributed by atoms with Gasteiger partial charge in [0.15, 0.2) is 5.76 Å². The van der Waals surface area contributed by atoms with Crippen LogP contribution in [0.3, 0.4) is 0 Å². The molecule has 86 valence electrons. The molecular weight excluding hydrogens is 208 g/mol. The van der Waals surface area contributed by atoms with Crippen molar-refractivity contribution in [1.82, 2.24) is 0 Å². The average molecular weight is 222 g/mol. The highest BCUT2D eigenvalue weighted by Crippen LogP contribution is 2.31. The smallest absolute Gasteiger partial charge is 0.306 e. The van der Waals surface area contributed by atoms with Crippen LogP contribution in [0.2, 0.25) is 0 Å². The van der Waals surface area contributed by atoms with Gasteiger partial charge in [-0.2, -0.15) is 0 Å². The molecule has 1 fully saturated rings. The highest BCUT2D eigenvalue weighted by molar-refractivity contribution is 5.95. The van der Waals surface area contributed by atoms with E-state index in [1.165, 1.54) is 6.26 Å². The number of Topliss-reactive ketones (excluding diaryl/α,β-unsaturated/α-hetero) is 1.